The highest BCUT2D eigenvalue weighted by Crippen LogP contribution is 2.30. The van der Waals surface area contributed by atoms with Gasteiger partial charge < -0.3 is 14.8 Å². The Balaban J connectivity index is 2.05. The normalized spacial score (nSPS) is 22.0. The molecule has 3 heteroatoms. The first-order valence-corrected chi connectivity index (χ1v) is 8.27. The molecule has 0 radical (unpaired) electrons. The van der Waals surface area contributed by atoms with E-state index in [4.69, 9.17) is 9.47 Å². The Hall–Kier alpha value is -1.22. The third kappa shape index (κ3) is 4.92. The van der Waals surface area contributed by atoms with Crippen molar-refractivity contribution >= 4 is 0 Å². The van der Waals surface area contributed by atoms with Crippen LogP contribution in [0.3, 0.4) is 0 Å². The van der Waals surface area contributed by atoms with E-state index in [-0.39, 0.29) is 0 Å². The molecule has 21 heavy (non-hydrogen) atoms. The molecule has 2 atom stereocenters. The van der Waals surface area contributed by atoms with E-state index in [0.29, 0.717) is 6.10 Å². The molecule has 1 N–H and O–H groups in total. The number of ether oxygens (including phenoxy) is 2. The second kappa shape index (κ2) is 8.28. The minimum atomic E-state index is 0.368. The van der Waals surface area contributed by atoms with Crippen molar-refractivity contribution in [2.75, 3.05) is 13.7 Å². The zero-order valence-electron chi connectivity index (χ0n) is 13.7. The number of hydrogen-bond donors (Lipinski definition) is 1. The molecule has 2 unspecified atom stereocenters. The number of rotatable bonds is 7. The van der Waals surface area contributed by atoms with E-state index < -0.39 is 0 Å². The highest BCUT2D eigenvalue weighted by atomic mass is 16.5. The summed E-state index contributed by atoms with van der Waals surface area (Å²) >= 11 is 0. The molecule has 118 valence electrons. The summed E-state index contributed by atoms with van der Waals surface area (Å²) in [6, 6.07) is 6.14. The molecule has 0 bridgehead atoms. The van der Waals surface area contributed by atoms with E-state index >= 15 is 0 Å². The molecule has 1 aliphatic rings. The summed E-state index contributed by atoms with van der Waals surface area (Å²) in [5.41, 5.74) is 1.20. The summed E-state index contributed by atoms with van der Waals surface area (Å²) in [7, 11) is 1.71. The van der Waals surface area contributed by atoms with Crippen LogP contribution in [-0.4, -0.2) is 19.8 Å². The molecule has 0 spiro atoms. The third-order valence-corrected chi connectivity index (χ3v) is 4.19. The largest absolute Gasteiger partial charge is 0.497 e. The van der Waals surface area contributed by atoms with Crippen LogP contribution >= 0.6 is 0 Å². The van der Waals surface area contributed by atoms with Crippen molar-refractivity contribution in [2.24, 2.45) is 5.92 Å². The first-order valence-electron chi connectivity index (χ1n) is 8.27. The molecule has 1 saturated carbocycles. The molecule has 1 aromatic carbocycles. The lowest BCUT2D eigenvalue weighted by Crippen LogP contribution is -2.25. The van der Waals surface area contributed by atoms with Gasteiger partial charge in [-0.05, 0) is 56.3 Å². The Bertz CT molecular complexity index is 433. The van der Waals surface area contributed by atoms with E-state index in [2.05, 4.69) is 31.3 Å². The number of nitrogens with one attached hydrogen (secondary N) is 1. The third-order valence-electron chi connectivity index (χ3n) is 4.19. The average Bonchev–Trinajstić information content (AvgIpc) is 2.49. The van der Waals surface area contributed by atoms with Gasteiger partial charge in [0.15, 0.2) is 0 Å². The highest BCUT2D eigenvalue weighted by Gasteiger charge is 2.21. The molecule has 2 rings (SSSR count). The van der Waals surface area contributed by atoms with Crippen LogP contribution in [0.15, 0.2) is 18.2 Å². The van der Waals surface area contributed by atoms with E-state index in [1.54, 1.807) is 7.11 Å². The van der Waals surface area contributed by atoms with Gasteiger partial charge in [-0.2, -0.15) is 0 Å². The van der Waals surface area contributed by atoms with Crippen LogP contribution in [0.4, 0.5) is 0 Å². The molecule has 0 heterocycles. The van der Waals surface area contributed by atoms with E-state index in [9.17, 15) is 0 Å². The minimum absolute atomic E-state index is 0.368. The summed E-state index contributed by atoms with van der Waals surface area (Å²) in [5.74, 6) is 2.69. The second-order valence-electron chi connectivity index (χ2n) is 6.16. The van der Waals surface area contributed by atoms with Gasteiger partial charge >= 0.3 is 0 Å². The van der Waals surface area contributed by atoms with Crippen LogP contribution in [0.1, 0.15) is 51.5 Å². The monoisotopic (exact) mass is 291 g/mol. The maximum atomic E-state index is 6.29. The maximum absolute atomic E-state index is 6.29. The lowest BCUT2D eigenvalue weighted by atomic mass is 9.88. The highest BCUT2D eigenvalue weighted by molar-refractivity contribution is 5.40. The van der Waals surface area contributed by atoms with Crippen molar-refractivity contribution in [3.63, 3.8) is 0 Å². The van der Waals surface area contributed by atoms with Gasteiger partial charge in [-0.15, -0.1) is 0 Å². The van der Waals surface area contributed by atoms with Crippen LogP contribution in [-0.2, 0) is 6.54 Å². The quantitative estimate of drug-likeness (QED) is 0.765. The Morgan fingerprint density at radius 2 is 2.14 bits per heavy atom. The zero-order valence-corrected chi connectivity index (χ0v) is 13.7. The van der Waals surface area contributed by atoms with Crippen molar-refractivity contribution < 1.29 is 9.47 Å². The van der Waals surface area contributed by atoms with Crippen LogP contribution in [0.5, 0.6) is 11.5 Å². The van der Waals surface area contributed by atoms with E-state index in [1.807, 2.05) is 6.07 Å². The number of hydrogen-bond acceptors (Lipinski definition) is 3. The van der Waals surface area contributed by atoms with Gasteiger partial charge in [0.05, 0.1) is 13.2 Å². The van der Waals surface area contributed by atoms with Crippen LogP contribution < -0.4 is 14.8 Å². The van der Waals surface area contributed by atoms with Gasteiger partial charge in [0.25, 0.3) is 0 Å². The predicted octanol–water partition coefficient (Wildman–Crippen LogP) is 4.15. The Morgan fingerprint density at radius 1 is 1.29 bits per heavy atom. The van der Waals surface area contributed by atoms with Crippen LogP contribution in [0.25, 0.3) is 0 Å². The molecular formula is C18H29NO2. The Labute approximate surface area is 129 Å². The standard InChI is InChI=1S/C18H29NO2/c1-4-10-19-13-15-12-16(20-3)8-9-18(15)21-17-7-5-6-14(2)11-17/h8-9,12,14,17,19H,4-7,10-11,13H2,1-3H3. The molecule has 0 aliphatic heterocycles. The summed E-state index contributed by atoms with van der Waals surface area (Å²) in [6.07, 6.45) is 6.48. The molecule has 1 aliphatic carbocycles. The van der Waals surface area contributed by atoms with Crippen molar-refractivity contribution in [3.8, 4) is 11.5 Å². The van der Waals surface area contributed by atoms with Crippen LogP contribution in [0.2, 0.25) is 0 Å². The molecule has 0 amide bonds. The lowest BCUT2D eigenvalue weighted by molar-refractivity contribution is 0.128. The first-order chi connectivity index (χ1) is 10.2. The average molecular weight is 291 g/mol. The molecular weight excluding hydrogens is 262 g/mol. The molecule has 0 saturated heterocycles. The summed E-state index contributed by atoms with van der Waals surface area (Å²) in [4.78, 5) is 0. The summed E-state index contributed by atoms with van der Waals surface area (Å²) < 4.78 is 11.6. The molecule has 3 nitrogen and oxygen atoms in total. The van der Waals surface area contributed by atoms with Gasteiger partial charge in [0.1, 0.15) is 11.5 Å². The Morgan fingerprint density at radius 3 is 2.86 bits per heavy atom. The molecule has 0 aromatic heterocycles. The topological polar surface area (TPSA) is 30.5 Å². The maximum Gasteiger partial charge on any atom is 0.124 e. The van der Waals surface area contributed by atoms with Gasteiger partial charge in [-0.1, -0.05) is 20.3 Å². The van der Waals surface area contributed by atoms with Crippen molar-refractivity contribution in [1.82, 2.24) is 5.32 Å². The minimum Gasteiger partial charge on any atom is -0.497 e. The smallest absolute Gasteiger partial charge is 0.124 e. The number of benzene rings is 1. The van der Waals surface area contributed by atoms with Crippen molar-refractivity contribution in [3.05, 3.63) is 23.8 Å². The van der Waals surface area contributed by atoms with E-state index in [0.717, 1.165) is 36.9 Å². The summed E-state index contributed by atoms with van der Waals surface area (Å²) in [5, 5.41) is 3.45. The van der Waals surface area contributed by atoms with Crippen LogP contribution in [0, 0.1) is 5.92 Å². The molecule has 1 fully saturated rings. The van der Waals surface area contributed by atoms with Gasteiger partial charge in [-0.25, -0.2) is 0 Å². The van der Waals surface area contributed by atoms with Gasteiger partial charge in [0.2, 0.25) is 0 Å². The Kier molecular flexibility index (Phi) is 6.37. The SMILES string of the molecule is CCCNCc1cc(OC)ccc1OC1CCCC(C)C1. The van der Waals surface area contributed by atoms with Crippen molar-refractivity contribution in [2.45, 2.75) is 58.6 Å². The van der Waals surface area contributed by atoms with E-state index in [1.165, 1.54) is 31.2 Å². The predicted molar refractivity (Wildman–Crippen MR) is 87.0 cm³/mol. The van der Waals surface area contributed by atoms with Crippen molar-refractivity contribution in [1.29, 1.82) is 0 Å². The first kappa shape index (κ1) is 16.2. The second-order valence-corrected chi connectivity index (χ2v) is 6.16. The fourth-order valence-corrected chi connectivity index (χ4v) is 3.00. The number of methoxy groups -OCH3 is 1. The van der Waals surface area contributed by atoms with Gasteiger partial charge in [0, 0.05) is 12.1 Å². The lowest BCUT2D eigenvalue weighted by Gasteiger charge is -2.28. The summed E-state index contributed by atoms with van der Waals surface area (Å²) in [6.45, 7) is 6.37. The zero-order chi connectivity index (χ0) is 15.1. The fourth-order valence-electron chi connectivity index (χ4n) is 3.00. The van der Waals surface area contributed by atoms with Gasteiger partial charge in [-0.3, -0.25) is 0 Å². The fraction of sp³-hybridized carbons (Fsp3) is 0.667. The molecule has 1 aromatic rings.